The summed E-state index contributed by atoms with van der Waals surface area (Å²) in [6, 6.07) is 1.70. The van der Waals surface area contributed by atoms with Gasteiger partial charge in [-0.3, -0.25) is 19.1 Å². The molecule has 8 nitrogen and oxygen atoms in total. The first kappa shape index (κ1) is 19.4. The molecular weight excluding hydrogens is 346 g/mol. The molecule has 8 heteroatoms. The second-order valence-corrected chi connectivity index (χ2v) is 7.95. The summed E-state index contributed by atoms with van der Waals surface area (Å²) >= 11 is 0. The zero-order valence-corrected chi connectivity index (χ0v) is 16.5. The first-order valence-corrected chi connectivity index (χ1v) is 9.74. The van der Waals surface area contributed by atoms with E-state index < -0.39 is 5.54 Å². The summed E-state index contributed by atoms with van der Waals surface area (Å²) in [6.07, 6.45) is 5.00. The Morgan fingerprint density at radius 2 is 2.04 bits per heavy atom. The molecule has 2 heterocycles. The predicted octanol–water partition coefficient (Wildman–Crippen LogP) is 1.31. The van der Waals surface area contributed by atoms with Crippen LogP contribution in [0.4, 0.5) is 0 Å². The minimum Gasteiger partial charge on any atom is -0.351 e. The lowest BCUT2D eigenvalue weighted by Gasteiger charge is -2.41. The molecule has 1 aliphatic heterocycles. The Balaban J connectivity index is 1.82. The van der Waals surface area contributed by atoms with Gasteiger partial charge in [0.25, 0.3) is 11.8 Å². The van der Waals surface area contributed by atoms with E-state index in [-0.39, 0.29) is 42.0 Å². The van der Waals surface area contributed by atoms with Crippen molar-refractivity contribution in [3.8, 4) is 0 Å². The van der Waals surface area contributed by atoms with Crippen molar-refractivity contribution in [2.45, 2.75) is 77.0 Å². The number of nitrogens with zero attached hydrogens (tertiary/aromatic N) is 3. The molecule has 2 aliphatic rings. The molecule has 2 atom stereocenters. The highest BCUT2D eigenvalue weighted by atomic mass is 16.2. The van der Waals surface area contributed by atoms with Crippen molar-refractivity contribution in [1.29, 1.82) is 0 Å². The molecule has 2 N–H and O–H groups in total. The van der Waals surface area contributed by atoms with Crippen LogP contribution in [0.2, 0.25) is 0 Å². The monoisotopic (exact) mass is 375 g/mol. The maximum Gasteiger partial charge on any atom is 0.272 e. The van der Waals surface area contributed by atoms with Crippen molar-refractivity contribution in [2.75, 3.05) is 7.05 Å². The largest absolute Gasteiger partial charge is 0.351 e. The maximum absolute atomic E-state index is 12.9. The minimum atomic E-state index is -1.04. The van der Waals surface area contributed by atoms with Gasteiger partial charge in [-0.15, -0.1) is 0 Å². The van der Waals surface area contributed by atoms with Crippen molar-refractivity contribution in [3.63, 3.8) is 0 Å². The standard InChI is InChI=1S/C19H29N5O3/c1-5-12(2)20-16(25)14-10-15-17(26)23(4)19(3,11-24(15)22-14)18(27)21-13-8-6-7-9-13/h10,12-13H,5-9,11H2,1-4H3,(H,20,25)(H,21,27). The van der Waals surface area contributed by atoms with Crippen molar-refractivity contribution in [1.82, 2.24) is 25.3 Å². The van der Waals surface area contributed by atoms with Gasteiger partial charge in [0.1, 0.15) is 11.2 Å². The van der Waals surface area contributed by atoms with E-state index in [9.17, 15) is 14.4 Å². The van der Waals surface area contributed by atoms with E-state index in [1.54, 1.807) is 14.0 Å². The highest BCUT2D eigenvalue weighted by Crippen LogP contribution is 2.27. The van der Waals surface area contributed by atoms with Crippen LogP contribution in [-0.2, 0) is 11.3 Å². The molecule has 148 valence electrons. The van der Waals surface area contributed by atoms with Gasteiger partial charge in [0.15, 0.2) is 5.69 Å². The molecule has 0 saturated heterocycles. The molecule has 3 amide bonds. The molecule has 0 radical (unpaired) electrons. The molecule has 1 saturated carbocycles. The summed E-state index contributed by atoms with van der Waals surface area (Å²) < 4.78 is 1.49. The number of likely N-dealkylation sites (N-methyl/N-ethyl adjacent to an activating group) is 1. The molecule has 27 heavy (non-hydrogen) atoms. The number of carbonyl (C=O) groups excluding carboxylic acids is 3. The van der Waals surface area contributed by atoms with Crippen molar-refractivity contribution in [3.05, 3.63) is 17.5 Å². The Kier molecular flexibility index (Phi) is 5.26. The quantitative estimate of drug-likeness (QED) is 0.811. The zero-order chi connectivity index (χ0) is 19.8. The number of hydrogen-bond acceptors (Lipinski definition) is 4. The highest BCUT2D eigenvalue weighted by Gasteiger charge is 2.46. The van der Waals surface area contributed by atoms with E-state index in [2.05, 4.69) is 15.7 Å². The average molecular weight is 375 g/mol. The smallest absolute Gasteiger partial charge is 0.272 e. The van der Waals surface area contributed by atoms with Gasteiger partial charge < -0.3 is 15.5 Å². The second-order valence-electron chi connectivity index (χ2n) is 7.95. The van der Waals surface area contributed by atoms with E-state index >= 15 is 0 Å². The Bertz CT molecular complexity index is 753. The first-order chi connectivity index (χ1) is 12.8. The van der Waals surface area contributed by atoms with E-state index in [4.69, 9.17) is 0 Å². The van der Waals surface area contributed by atoms with Crippen LogP contribution in [0.1, 0.15) is 73.9 Å². The number of hydrogen-bond donors (Lipinski definition) is 2. The minimum absolute atomic E-state index is 0.0251. The summed E-state index contributed by atoms with van der Waals surface area (Å²) in [7, 11) is 1.63. The Morgan fingerprint density at radius 3 is 2.67 bits per heavy atom. The number of fused-ring (bicyclic) bond motifs is 1. The molecule has 3 rings (SSSR count). The van der Waals surface area contributed by atoms with Gasteiger partial charge in [-0.25, -0.2) is 0 Å². The summed E-state index contributed by atoms with van der Waals surface area (Å²) in [4.78, 5) is 39.6. The van der Waals surface area contributed by atoms with Crippen LogP contribution in [0.3, 0.4) is 0 Å². The lowest BCUT2D eigenvalue weighted by atomic mass is 9.95. The van der Waals surface area contributed by atoms with E-state index in [0.717, 1.165) is 32.1 Å². The van der Waals surface area contributed by atoms with Crippen LogP contribution in [-0.4, -0.2) is 57.1 Å². The number of aromatic nitrogens is 2. The first-order valence-electron chi connectivity index (χ1n) is 9.74. The third-order valence-corrected chi connectivity index (χ3v) is 5.90. The summed E-state index contributed by atoms with van der Waals surface area (Å²) in [5.74, 6) is -0.781. The van der Waals surface area contributed by atoms with Crippen LogP contribution in [0.15, 0.2) is 6.07 Å². The predicted molar refractivity (Wildman–Crippen MR) is 100 cm³/mol. The van der Waals surface area contributed by atoms with Crippen LogP contribution in [0.5, 0.6) is 0 Å². The molecule has 1 aromatic rings. The van der Waals surface area contributed by atoms with E-state index in [0.29, 0.717) is 5.69 Å². The number of rotatable bonds is 5. The Labute approximate surface area is 159 Å². The Hall–Kier alpha value is -2.38. The molecule has 0 bridgehead atoms. The van der Waals surface area contributed by atoms with Gasteiger partial charge in [-0.2, -0.15) is 5.10 Å². The van der Waals surface area contributed by atoms with Gasteiger partial charge in [-0.05, 0) is 33.1 Å². The number of carbonyl (C=O) groups is 3. The third-order valence-electron chi connectivity index (χ3n) is 5.90. The summed E-state index contributed by atoms with van der Waals surface area (Å²) in [6.45, 7) is 5.87. The third kappa shape index (κ3) is 3.57. The average Bonchev–Trinajstić information content (AvgIpc) is 3.29. The molecule has 1 fully saturated rings. The van der Waals surface area contributed by atoms with Gasteiger partial charge in [0, 0.05) is 25.2 Å². The fraction of sp³-hybridized carbons (Fsp3) is 0.684. The molecule has 1 aliphatic carbocycles. The van der Waals surface area contributed by atoms with Gasteiger partial charge in [-0.1, -0.05) is 19.8 Å². The fourth-order valence-corrected chi connectivity index (χ4v) is 3.65. The lowest BCUT2D eigenvalue weighted by molar-refractivity contribution is -0.133. The molecule has 0 aromatic carbocycles. The van der Waals surface area contributed by atoms with Gasteiger partial charge in [0.05, 0.1) is 6.54 Å². The lowest BCUT2D eigenvalue weighted by Crippen LogP contribution is -2.63. The molecule has 0 spiro atoms. The van der Waals surface area contributed by atoms with Crippen molar-refractivity contribution >= 4 is 17.7 Å². The topological polar surface area (TPSA) is 96.3 Å². The fourth-order valence-electron chi connectivity index (χ4n) is 3.65. The van der Waals surface area contributed by atoms with Crippen LogP contribution in [0, 0.1) is 0 Å². The SMILES string of the molecule is CCC(C)NC(=O)c1cc2n(n1)CC(C)(C(=O)NC1CCCC1)N(C)C2=O. The van der Waals surface area contributed by atoms with Crippen LogP contribution >= 0.6 is 0 Å². The highest BCUT2D eigenvalue weighted by molar-refractivity contribution is 6.01. The second kappa shape index (κ2) is 7.32. The van der Waals surface area contributed by atoms with E-state index in [1.165, 1.54) is 15.6 Å². The summed E-state index contributed by atoms with van der Waals surface area (Å²) in [5, 5.41) is 10.2. The van der Waals surface area contributed by atoms with Crippen LogP contribution in [0.25, 0.3) is 0 Å². The maximum atomic E-state index is 12.9. The van der Waals surface area contributed by atoms with Crippen molar-refractivity contribution in [2.24, 2.45) is 0 Å². The zero-order valence-electron chi connectivity index (χ0n) is 16.5. The van der Waals surface area contributed by atoms with Gasteiger partial charge in [0.2, 0.25) is 5.91 Å². The van der Waals surface area contributed by atoms with Gasteiger partial charge >= 0.3 is 0 Å². The summed E-state index contributed by atoms with van der Waals surface area (Å²) in [5.41, 5.74) is -0.506. The van der Waals surface area contributed by atoms with E-state index in [1.807, 2.05) is 13.8 Å². The van der Waals surface area contributed by atoms with Crippen LogP contribution < -0.4 is 10.6 Å². The molecular formula is C19H29N5O3. The number of amides is 3. The molecule has 1 aromatic heterocycles. The normalized spacial score (nSPS) is 23.9. The Morgan fingerprint density at radius 1 is 1.37 bits per heavy atom. The number of nitrogens with one attached hydrogen (secondary N) is 2. The molecule has 2 unspecified atom stereocenters. The van der Waals surface area contributed by atoms with Crippen molar-refractivity contribution < 1.29 is 14.4 Å².